The lowest BCUT2D eigenvalue weighted by Gasteiger charge is -2.09. The second kappa shape index (κ2) is 6.96. The lowest BCUT2D eigenvalue weighted by atomic mass is 10.2. The molecule has 98 valence electrons. The van der Waals surface area contributed by atoms with Crippen LogP contribution in [0.4, 0.5) is 0 Å². The monoisotopic (exact) mass is 261 g/mol. The highest BCUT2D eigenvalue weighted by molar-refractivity contribution is 6.30. The van der Waals surface area contributed by atoms with E-state index in [-0.39, 0.29) is 0 Å². The molecule has 0 fully saturated rings. The summed E-state index contributed by atoms with van der Waals surface area (Å²) in [5, 5.41) is 17.6. The zero-order chi connectivity index (χ0) is 12.8. The summed E-state index contributed by atoms with van der Waals surface area (Å²) < 4.78 is 6.51. The molecule has 1 unspecified atom stereocenters. The van der Waals surface area contributed by atoms with Gasteiger partial charge in [-0.15, -0.1) is 0 Å². The molecular formula is C11H20ClN3O2. The SMILES string of the molecule is COCC(O)CCNCc1c(C)nn(C)c1Cl. The van der Waals surface area contributed by atoms with Crippen LogP contribution in [-0.2, 0) is 18.3 Å². The van der Waals surface area contributed by atoms with Gasteiger partial charge >= 0.3 is 0 Å². The number of hydrogen-bond donors (Lipinski definition) is 2. The summed E-state index contributed by atoms with van der Waals surface area (Å²) in [6.07, 6.45) is 0.239. The third-order valence-corrected chi connectivity index (χ3v) is 3.06. The van der Waals surface area contributed by atoms with Crippen molar-refractivity contribution in [3.63, 3.8) is 0 Å². The molecule has 1 aromatic heterocycles. The van der Waals surface area contributed by atoms with Gasteiger partial charge < -0.3 is 15.2 Å². The van der Waals surface area contributed by atoms with Crippen molar-refractivity contribution in [2.45, 2.75) is 26.0 Å². The van der Waals surface area contributed by atoms with Gasteiger partial charge in [0.1, 0.15) is 5.15 Å². The number of halogens is 1. The van der Waals surface area contributed by atoms with Gasteiger partial charge in [0.2, 0.25) is 0 Å². The molecule has 6 heteroatoms. The second-order valence-electron chi connectivity index (χ2n) is 4.05. The first kappa shape index (κ1) is 14.4. The van der Waals surface area contributed by atoms with Crippen molar-refractivity contribution in [1.82, 2.24) is 15.1 Å². The van der Waals surface area contributed by atoms with Gasteiger partial charge in [-0.05, 0) is 19.9 Å². The van der Waals surface area contributed by atoms with Crippen LogP contribution in [0.1, 0.15) is 17.7 Å². The first-order valence-corrected chi connectivity index (χ1v) is 5.99. The average Bonchev–Trinajstić information content (AvgIpc) is 2.50. The minimum atomic E-state index is -0.419. The van der Waals surface area contributed by atoms with Crippen LogP contribution in [0.25, 0.3) is 0 Å². The third-order valence-electron chi connectivity index (χ3n) is 2.59. The highest BCUT2D eigenvalue weighted by Crippen LogP contribution is 2.17. The number of ether oxygens (including phenoxy) is 1. The lowest BCUT2D eigenvalue weighted by molar-refractivity contribution is 0.0594. The van der Waals surface area contributed by atoms with Crippen LogP contribution in [0, 0.1) is 6.92 Å². The lowest BCUT2D eigenvalue weighted by Crippen LogP contribution is -2.23. The van der Waals surface area contributed by atoms with Gasteiger partial charge in [-0.25, -0.2) is 0 Å². The molecule has 0 saturated heterocycles. The molecule has 1 heterocycles. The maximum absolute atomic E-state index is 9.45. The molecule has 0 radical (unpaired) electrons. The molecule has 0 aliphatic rings. The topological polar surface area (TPSA) is 59.3 Å². The highest BCUT2D eigenvalue weighted by atomic mass is 35.5. The van der Waals surface area contributed by atoms with E-state index in [1.807, 2.05) is 14.0 Å². The number of aryl methyl sites for hydroxylation is 2. The predicted molar refractivity (Wildman–Crippen MR) is 67.2 cm³/mol. The number of methoxy groups -OCH3 is 1. The molecule has 0 aromatic carbocycles. The van der Waals surface area contributed by atoms with Gasteiger partial charge in [0, 0.05) is 26.3 Å². The van der Waals surface area contributed by atoms with Crippen LogP contribution >= 0.6 is 11.6 Å². The summed E-state index contributed by atoms with van der Waals surface area (Å²) in [4.78, 5) is 0. The normalized spacial score (nSPS) is 13.0. The van der Waals surface area contributed by atoms with Crippen LogP contribution in [0.5, 0.6) is 0 Å². The highest BCUT2D eigenvalue weighted by Gasteiger charge is 2.10. The second-order valence-corrected chi connectivity index (χ2v) is 4.41. The van der Waals surface area contributed by atoms with Gasteiger partial charge in [-0.3, -0.25) is 4.68 Å². The van der Waals surface area contributed by atoms with E-state index in [1.54, 1.807) is 11.8 Å². The van der Waals surface area contributed by atoms with Gasteiger partial charge in [-0.1, -0.05) is 11.6 Å². The number of rotatable bonds is 7. The maximum atomic E-state index is 9.45. The Hall–Kier alpha value is -0.620. The molecule has 0 spiro atoms. The summed E-state index contributed by atoms with van der Waals surface area (Å²) in [5.41, 5.74) is 1.94. The summed E-state index contributed by atoms with van der Waals surface area (Å²) in [5.74, 6) is 0. The summed E-state index contributed by atoms with van der Waals surface area (Å²) in [6.45, 7) is 3.68. The fraction of sp³-hybridized carbons (Fsp3) is 0.727. The number of aromatic nitrogens is 2. The molecule has 1 atom stereocenters. The Morgan fingerprint density at radius 1 is 1.59 bits per heavy atom. The summed E-state index contributed by atoms with van der Waals surface area (Å²) >= 11 is 6.10. The Morgan fingerprint density at radius 2 is 2.29 bits per heavy atom. The van der Waals surface area contributed by atoms with Crippen molar-refractivity contribution in [2.75, 3.05) is 20.3 Å². The minimum absolute atomic E-state index is 0.369. The third kappa shape index (κ3) is 4.27. The molecule has 1 aromatic rings. The smallest absolute Gasteiger partial charge is 0.131 e. The van der Waals surface area contributed by atoms with Crippen LogP contribution in [0.3, 0.4) is 0 Å². The van der Waals surface area contributed by atoms with Crippen molar-refractivity contribution in [1.29, 1.82) is 0 Å². The van der Waals surface area contributed by atoms with Crippen LogP contribution in [0.15, 0.2) is 0 Å². The van der Waals surface area contributed by atoms with E-state index >= 15 is 0 Å². The number of aliphatic hydroxyl groups excluding tert-OH is 1. The molecule has 0 aliphatic heterocycles. The van der Waals surface area contributed by atoms with Crippen molar-refractivity contribution >= 4 is 11.6 Å². The largest absolute Gasteiger partial charge is 0.391 e. The van der Waals surface area contributed by atoms with Crippen molar-refractivity contribution in [3.8, 4) is 0 Å². The van der Waals surface area contributed by atoms with Gasteiger partial charge in [0.25, 0.3) is 0 Å². The maximum Gasteiger partial charge on any atom is 0.131 e. The van der Waals surface area contributed by atoms with E-state index in [2.05, 4.69) is 10.4 Å². The van der Waals surface area contributed by atoms with E-state index in [0.29, 0.717) is 24.7 Å². The van der Waals surface area contributed by atoms with E-state index in [1.165, 1.54) is 0 Å². The summed E-state index contributed by atoms with van der Waals surface area (Å²) in [7, 11) is 3.40. The molecule has 0 amide bonds. The Bertz CT molecular complexity index is 355. The Labute approximate surface area is 107 Å². The fourth-order valence-corrected chi connectivity index (χ4v) is 1.87. The van der Waals surface area contributed by atoms with Crippen molar-refractivity contribution in [2.24, 2.45) is 7.05 Å². The average molecular weight is 262 g/mol. The van der Waals surface area contributed by atoms with Gasteiger partial charge in [0.15, 0.2) is 0 Å². The number of nitrogens with zero attached hydrogens (tertiary/aromatic N) is 2. The van der Waals surface area contributed by atoms with E-state index < -0.39 is 6.10 Å². The minimum Gasteiger partial charge on any atom is -0.391 e. The molecule has 0 saturated carbocycles. The fourth-order valence-electron chi connectivity index (χ4n) is 1.63. The number of nitrogens with one attached hydrogen (secondary N) is 1. The zero-order valence-electron chi connectivity index (χ0n) is 10.5. The van der Waals surface area contributed by atoms with Gasteiger partial charge in [0.05, 0.1) is 18.4 Å². The van der Waals surface area contributed by atoms with E-state index in [9.17, 15) is 5.11 Å². The molecule has 0 aliphatic carbocycles. The molecule has 5 nitrogen and oxygen atoms in total. The summed E-state index contributed by atoms with van der Waals surface area (Å²) in [6, 6.07) is 0. The Morgan fingerprint density at radius 3 is 2.82 bits per heavy atom. The molecular weight excluding hydrogens is 242 g/mol. The van der Waals surface area contributed by atoms with E-state index in [4.69, 9.17) is 16.3 Å². The standard InChI is InChI=1S/C11H20ClN3O2/c1-8-10(11(12)15(2)14-8)6-13-5-4-9(16)7-17-3/h9,13,16H,4-7H2,1-3H3. The Kier molecular flexibility index (Phi) is 5.91. The zero-order valence-corrected chi connectivity index (χ0v) is 11.3. The first-order chi connectivity index (χ1) is 8.06. The van der Waals surface area contributed by atoms with Crippen LogP contribution in [-0.4, -0.2) is 41.3 Å². The van der Waals surface area contributed by atoms with E-state index in [0.717, 1.165) is 17.8 Å². The molecule has 1 rings (SSSR count). The van der Waals surface area contributed by atoms with Crippen molar-refractivity contribution < 1.29 is 9.84 Å². The van der Waals surface area contributed by atoms with Crippen LogP contribution < -0.4 is 5.32 Å². The van der Waals surface area contributed by atoms with Gasteiger partial charge in [-0.2, -0.15) is 5.10 Å². The molecule has 0 bridgehead atoms. The quantitative estimate of drug-likeness (QED) is 0.715. The Balaban J connectivity index is 2.31. The number of aliphatic hydroxyl groups is 1. The molecule has 17 heavy (non-hydrogen) atoms. The first-order valence-electron chi connectivity index (χ1n) is 5.62. The molecule has 2 N–H and O–H groups in total. The predicted octanol–water partition coefficient (Wildman–Crippen LogP) is 0.869. The van der Waals surface area contributed by atoms with Crippen molar-refractivity contribution in [3.05, 3.63) is 16.4 Å². The number of hydrogen-bond acceptors (Lipinski definition) is 4. The van der Waals surface area contributed by atoms with Crippen LogP contribution in [0.2, 0.25) is 5.15 Å².